The third-order valence-electron chi connectivity index (χ3n) is 2.61. The van der Waals surface area contributed by atoms with Crippen LogP contribution in [0.1, 0.15) is 25.0 Å². The smallest absolute Gasteiger partial charge is 0.241 e. The zero-order valence-corrected chi connectivity index (χ0v) is 13.1. The van der Waals surface area contributed by atoms with Crippen LogP contribution in [-0.2, 0) is 10.0 Å². The van der Waals surface area contributed by atoms with Gasteiger partial charge in [-0.15, -0.1) is 12.4 Å². The summed E-state index contributed by atoms with van der Waals surface area (Å²) in [6.07, 6.45) is 0. The van der Waals surface area contributed by atoms with Crippen molar-refractivity contribution in [1.82, 2.24) is 4.72 Å². The minimum Gasteiger partial charge on any atom is -0.329 e. The van der Waals surface area contributed by atoms with Gasteiger partial charge in [-0.05, 0) is 51.0 Å². The Hall–Kier alpha value is -0.690. The zero-order chi connectivity index (χ0) is 14.1. The van der Waals surface area contributed by atoms with Gasteiger partial charge < -0.3 is 5.73 Å². The highest BCUT2D eigenvalue weighted by atomic mass is 35.5. The molecule has 1 aromatic rings. The number of hydrogen-bond donors (Lipinski definition) is 2. The lowest BCUT2D eigenvalue weighted by molar-refractivity contribution is 0.462. The molecule has 19 heavy (non-hydrogen) atoms. The number of nitrogens with one attached hydrogen (secondary N) is 1. The Morgan fingerprint density at radius 1 is 1.26 bits per heavy atom. The van der Waals surface area contributed by atoms with E-state index in [9.17, 15) is 12.8 Å². The Morgan fingerprint density at radius 2 is 1.68 bits per heavy atom. The van der Waals surface area contributed by atoms with Crippen LogP contribution in [-0.4, -0.2) is 20.5 Å². The molecule has 0 heterocycles. The van der Waals surface area contributed by atoms with Crippen molar-refractivity contribution in [2.75, 3.05) is 6.54 Å². The molecule has 3 N–H and O–H groups in total. The molecule has 0 saturated carbocycles. The number of aryl methyl sites for hydroxylation is 2. The van der Waals surface area contributed by atoms with Crippen LogP contribution in [0.5, 0.6) is 0 Å². The second kappa shape index (κ2) is 6.17. The third-order valence-corrected chi connectivity index (χ3v) is 4.62. The van der Waals surface area contributed by atoms with Crippen LogP contribution < -0.4 is 10.5 Å². The summed E-state index contributed by atoms with van der Waals surface area (Å²) in [6, 6.07) is 2.41. The third kappa shape index (κ3) is 4.42. The lowest BCUT2D eigenvalue weighted by Gasteiger charge is -2.25. The Balaban J connectivity index is 0.00000324. The van der Waals surface area contributed by atoms with Crippen LogP contribution in [0.2, 0.25) is 0 Å². The van der Waals surface area contributed by atoms with Crippen molar-refractivity contribution in [3.05, 3.63) is 29.1 Å². The van der Waals surface area contributed by atoms with E-state index in [4.69, 9.17) is 5.73 Å². The standard InChI is InChI=1S/C12H19FN2O2S.ClH/c1-8-5-10(13)6-9(2)11(8)18(16,17)15-12(3,4)7-14;/h5-6,15H,7,14H2,1-4H3;1H. The highest BCUT2D eigenvalue weighted by Gasteiger charge is 2.27. The molecule has 0 saturated heterocycles. The van der Waals surface area contributed by atoms with E-state index in [1.165, 1.54) is 12.1 Å². The van der Waals surface area contributed by atoms with Gasteiger partial charge in [-0.2, -0.15) is 0 Å². The molecule has 0 aliphatic carbocycles. The van der Waals surface area contributed by atoms with Gasteiger partial charge >= 0.3 is 0 Å². The van der Waals surface area contributed by atoms with E-state index in [2.05, 4.69) is 4.72 Å². The van der Waals surface area contributed by atoms with Gasteiger partial charge in [0.05, 0.1) is 4.90 Å². The molecule has 1 aromatic carbocycles. The van der Waals surface area contributed by atoms with Gasteiger partial charge in [0.25, 0.3) is 0 Å². The predicted molar refractivity (Wildman–Crippen MR) is 76.6 cm³/mol. The molecule has 7 heteroatoms. The summed E-state index contributed by atoms with van der Waals surface area (Å²) in [5.74, 6) is -0.443. The van der Waals surface area contributed by atoms with E-state index < -0.39 is 21.4 Å². The van der Waals surface area contributed by atoms with E-state index in [0.29, 0.717) is 11.1 Å². The van der Waals surface area contributed by atoms with E-state index >= 15 is 0 Å². The number of benzene rings is 1. The largest absolute Gasteiger partial charge is 0.329 e. The molecule has 0 aliphatic rings. The summed E-state index contributed by atoms with van der Waals surface area (Å²) in [5, 5.41) is 0. The number of halogens is 2. The molecular weight excluding hydrogens is 291 g/mol. The van der Waals surface area contributed by atoms with Crippen molar-refractivity contribution in [2.45, 2.75) is 38.1 Å². The summed E-state index contributed by atoms with van der Waals surface area (Å²) in [4.78, 5) is 0.116. The molecule has 0 radical (unpaired) electrons. The predicted octanol–water partition coefficient (Wildman–Crippen LogP) is 1.88. The minimum absolute atomic E-state index is 0. The highest BCUT2D eigenvalue weighted by Crippen LogP contribution is 2.22. The van der Waals surface area contributed by atoms with Crippen molar-refractivity contribution < 1.29 is 12.8 Å². The second-order valence-electron chi connectivity index (χ2n) is 5.06. The van der Waals surface area contributed by atoms with Gasteiger partial charge in [0, 0.05) is 12.1 Å². The molecule has 4 nitrogen and oxygen atoms in total. The van der Waals surface area contributed by atoms with E-state index in [1.807, 2.05) is 0 Å². The molecule has 0 fully saturated rings. The van der Waals surface area contributed by atoms with E-state index in [1.54, 1.807) is 27.7 Å². The van der Waals surface area contributed by atoms with E-state index in [0.717, 1.165) is 0 Å². The number of nitrogens with two attached hydrogens (primary N) is 1. The molecule has 0 aromatic heterocycles. The van der Waals surface area contributed by atoms with Gasteiger partial charge in [-0.3, -0.25) is 0 Å². The van der Waals surface area contributed by atoms with Crippen molar-refractivity contribution in [3.8, 4) is 0 Å². The summed E-state index contributed by atoms with van der Waals surface area (Å²) in [5.41, 5.74) is 5.53. The van der Waals surface area contributed by atoms with E-state index in [-0.39, 0.29) is 23.8 Å². The molecule has 0 bridgehead atoms. The molecule has 0 spiro atoms. The first-order valence-electron chi connectivity index (χ1n) is 5.60. The zero-order valence-electron chi connectivity index (χ0n) is 11.5. The minimum atomic E-state index is -3.70. The summed E-state index contributed by atoms with van der Waals surface area (Å²) in [7, 11) is -3.70. The van der Waals surface area contributed by atoms with Crippen LogP contribution in [0.25, 0.3) is 0 Å². The first kappa shape index (κ1) is 18.3. The van der Waals surface area contributed by atoms with Gasteiger partial charge in [0.1, 0.15) is 5.82 Å². The molecule has 1 rings (SSSR count). The van der Waals surface area contributed by atoms with Crippen LogP contribution in [0.15, 0.2) is 17.0 Å². The Labute approximate surface area is 120 Å². The SMILES string of the molecule is Cc1cc(F)cc(C)c1S(=O)(=O)NC(C)(C)CN.Cl. The Bertz CT molecular complexity index is 536. The van der Waals surface area contributed by atoms with Gasteiger partial charge in [0.2, 0.25) is 10.0 Å². The lowest BCUT2D eigenvalue weighted by Crippen LogP contribution is -2.48. The Morgan fingerprint density at radius 3 is 2.05 bits per heavy atom. The van der Waals surface area contributed by atoms with Crippen LogP contribution in [0, 0.1) is 19.7 Å². The maximum atomic E-state index is 13.2. The van der Waals surface area contributed by atoms with Crippen LogP contribution in [0.4, 0.5) is 4.39 Å². The van der Waals surface area contributed by atoms with Gasteiger partial charge in [-0.1, -0.05) is 0 Å². The number of rotatable bonds is 4. The second-order valence-corrected chi connectivity index (χ2v) is 6.68. The van der Waals surface area contributed by atoms with Gasteiger partial charge in [-0.25, -0.2) is 17.5 Å². The number of hydrogen-bond acceptors (Lipinski definition) is 3. The molecule has 0 unspecified atom stereocenters. The fourth-order valence-electron chi connectivity index (χ4n) is 1.78. The number of sulfonamides is 1. The highest BCUT2D eigenvalue weighted by molar-refractivity contribution is 7.89. The fraction of sp³-hybridized carbons (Fsp3) is 0.500. The van der Waals surface area contributed by atoms with Crippen molar-refractivity contribution >= 4 is 22.4 Å². The maximum absolute atomic E-state index is 13.2. The quantitative estimate of drug-likeness (QED) is 0.892. The summed E-state index contributed by atoms with van der Waals surface area (Å²) >= 11 is 0. The lowest BCUT2D eigenvalue weighted by atomic mass is 10.1. The molecule has 110 valence electrons. The topological polar surface area (TPSA) is 72.2 Å². The Kier molecular flexibility index (Phi) is 5.95. The van der Waals surface area contributed by atoms with Gasteiger partial charge in [0.15, 0.2) is 0 Å². The van der Waals surface area contributed by atoms with Crippen molar-refractivity contribution in [2.24, 2.45) is 5.73 Å². The van der Waals surface area contributed by atoms with Crippen molar-refractivity contribution in [1.29, 1.82) is 0 Å². The average molecular weight is 311 g/mol. The summed E-state index contributed by atoms with van der Waals surface area (Å²) in [6.45, 7) is 6.70. The molecule has 0 atom stereocenters. The first-order chi connectivity index (χ1) is 8.09. The average Bonchev–Trinajstić information content (AvgIpc) is 2.13. The molecule has 0 aliphatic heterocycles. The molecular formula is C12H20ClFN2O2S. The van der Waals surface area contributed by atoms with Crippen LogP contribution in [0.3, 0.4) is 0 Å². The monoisotopic (exact) mass is 310 g/mol. The van der Waals surface area contributed by atoms with Crippen LogP contribution >= 0.6 is 12.4 Å². The normalized spacial score (nSPS) is 12.1. The first-order valence-corrected chi connectivity index (χ1v) is 7.08. The molecule has 0 amide bonds. The van der Waals surface area contributed by atoms with Crippen molar-refractivity contribution in [3.63, 3.8) is 0 Å². The maximum Gasteiger partial charge on any atom is 0.241 e. The summed E-state index contributed by atoms with van der Waals surface area (Å²) < 4.78 is 40.2. The fourth-order valence-corrected chi connectivity index (χ4v) is 3.66.